The standard InChI is InChI=1S/C25H13N9/c26-14-20-22(16-8-3-1-4-9-16)31-33-24(29-20)18-12-7-13-19(28-18)25-30-21(15-27)23(32-34-25)17-10-5-2-6-11-17/h1-13H. The van der Waals surface area contributed by atoms with Crippen LogP contribution in [0, 0.1) is 22.7 Å². The Morgan fingerprint density at radius 3 is 1.32 bits per heavy atom. The summed E-state index contributed by atoms with van der Waals surface area (Å²) in [4.78, 5) is 13.2. The first-order valence-corrected chi connectivity index (χ1v) is 10.1. The third kappa shape index (κ3) is 3.93. The largest absolute Gasteiger partial charge is 0.241 e. The highest BCUT2D eigenvalue weighted by atomic mass is 15.2. The first-order valence-electron chi connectivity index (χ1n) is 10.1. The van der Waals surface area contributed by atoms with E-state index in [9.17, 15) is 10.5 Å². The molecule has 0 atom stereocenters. The van der Waals surface area contributed by atoms with E-state index in [0.717, 1.165) is 11.1 Å². The molecular formula is C25H13N9. The van der Waals surface area contributed by atoms with E-state index in [0.29, 0.717) is 22.8 Å². The second-order valence-corrected chi connectivity index (χ2v) is 7.03. The van der Waals surface area contributed by atoms with Crippen molar-refractivity contribution >= 4 is 0 Å². The number of pyridine rings is 1. The van der Waals surface area contributed by atoms with Gasteiger partial charge in [0.1, 0.15) is 34.9 Å². The summed E-state index contributed by atoms with van der Waals surface area (Å²) in [7, 11) is 0. The van der Waals surface area contributed by atoms with Gasteiger partial charge in [-0.3, -0.25) is 0 Å². The first kappa shape index (κ1) is 20.5. The van der Waals surface area contributed by atoms with Gasteiger partial charge in [0.15, 0.2) is 11.4 Å². The van der Waals surface area contributed by atoms with Crippen molar-refractivity contribution in [2.45, 2.75) is 0 Å². The van der Waals surface area contributed by atoms with Crippen molar-refractivity contribution in [3.05, 3.63) is 90.3 Å². The van der Waals surface area contributed by atoms with Crippen LogP contribution < -0.4 is 0 Å². The number of nitriles is 2. The molecule has 0 aliphatic rings. The van der Waals surface area contributed by atoms with Crippen LogP contribution in [0.2, 0.25) is 0 Å². The van der Waals surface area contributed by atoms with Crippen molar-refractivity contribution in [1.82, 2.24) is 35.3 Å². The minimum absolute atomic E-state index is 0.139. The van der Waals surface area contributed by atoms with Gasteiger partial charge < -0.3 is 0 Å². The highest BCUT2D eigenvalue weighted by Crippen LogP contribution is 2.24. The fourth-order valence-electron chi connectivity index (χ4n) is 3.29. The predicted octanol–water partition coefficient (Wildman–Crippen LogP) is 3.86. The van der Waals surface area contributed by atoms with E-state index in [-0.39, 0.29) is 23.0 Å². The van der Waals surface area contributed by atoms with E-state index in [1.165, 1.54) is 0 Å². The lowest BCUT2D eigenvalue weighted by atomic mass is 10.1. The highest BCUT2D eigenvalue weighted by molar-refractivity contribution is 5.67. The summed E-state index contributed by atoms with van der Waals surface area (Å²) in [6.45, 7) is 0. The van der Waals surface area contributed by atoms with Gasteiger partial charge in [0.25, 0.3) is 0 Å². The SMILES string of the molecule is N#Cc1nc(-c2cccc(-c3nnc(-c4ccccc4)c(C#N)n3)n2)nnc1-c1ccccc1. The van der Waals surface area contributed by atoms with E-state index in [1.807, 2.05) is 60.7 Å². The Morgan fingerprint density at radius 2 is 0.912 bits per heavy atom. The van der Waals surface area contributed by atoms with Crippen LogP contribution in [0.5, 0.6) is 0 Å². The van der Waals surface area contributed by atoms with Crippen LogP contribution in [0.25, 0.3) is 45.6 Å². The zero-order chi connectivity index (χ0) is 23.3. The number of hydrogen-bond donors (Lipinski definition) is 0. The van der Waals surface area contributed by atoms with Crippen LogP contribution in [0.15, 0.2) is 78.9 Å². The summed E-state index contributed by atoms with van der Waals surface area (Å²) in [6.07, 6.45) is 0. The normalized spacial score (nSPS) is 10.3. The van der Waals surface area contributed by atoms with Crippen LogP contribution in [0.3, 0.4) is 0 Å². The predicted molar refractivity (Wildman–Crippen MR) is 122 cm³/mol. The smallest absolute Gasteiger partial charge is 0.201 e. The second kappa shape index (κ2) is 8.99. The quantitative estimate of drug-likeness (QED) is 0.408. The van der Waals surface area contributed by atoms with Crippen molar-refractivity contribution in [2.75, 3.05) is 0 Å². The Kier molecular flexibility index (Phi) is 5.42. The minimum Gasteiger partial charge on any atom is -0.241 e. The maximum Gasteiger partial charge on any atom is 0.201 e. The lowest BCUT2D eigenvalue weighted by molar-refractivity contribution is 0.954. The number of hydrogen-bond acceptors (Lipinski definition) is 9. The zero-order valence-corrected chi connectivity index (χ0v) is 17.5. The van der Waals surface area contributed by atoms with Gasteiger partial charge in [-0.15, -0.1) is 20.4 Å². The Hall–Kier alpha value is -5.41. The Bertz CT molecular complexity index is 1450. The van der Waals surface area contributed by atoms with E-state index in [4.69, 9.17) is 0 Å². The summed E-state index contributed by atoms with van der Waals surface area (Å²) in [6, 6.07) is 27.8. The third-order valence-electron chi connectivity index (χ3n) is 4.89. The van der Waals surface area contributed by atoms with Crippen molar-refractivity contribution < 1.29 is 0 Å². The van der Waals surface area contributed by atoms with Gasteiger partial charge in [0.05, 0.1) is 0 Å². The molecule has 5 aromatic rings. The molecule has 3 heterocycles. The molecule has 0 saturated carbocycles. The molecule has 0 radical (unpaired) electrons. The molecule has 0 aliphatic heterocycles. The molecule has 0 saturated heterocycles. The van der Waals surface area contributed by atoms with Crippen molar-refractivity contribution in [3.8, 4) is 57.7 Å². The Balaban J connectivity index is 1.53. The molecule has 0 unspecified atom stereocenters. The van der Waals surface area contributed by atoms with E-state index in [1.54, 1.807) is 18.2 Å². The summed E-state index contributed by atoms with van der Waals surface area (Å²) in [5.41, 5.74) is 3.33. The molecule has 158 valence electrons. The molecule has 9 heteroatoms. The van der Waals surface area contributed by atoms with Gasteiger partial charge in [-0.05, 0) is 12.1 Å². The number of aromatic nitrogens is 7. The van der Waals surface area contributed by atoms with Gasteiger partial charge >= 0.3 is 0 Å². The molecule has 0 amide bonds. The van der Waals surface area contributed by atoms with Gasteiger partial charge in [0.2, 0.25) is 11.6 Å². The lowest BCUT2D eigenvalue weighted by Crippen LogP contribution is -2.03. The summed E-state index contributed by atoms with van der Waals surface area (Å²) >= 11 is 0. The number of benzene rings is 2. The van der Waals surface area contributed by atoms with Crippen LogP contribution >= 0.6 is 0 Å². The monoisotopic (exact) mass is 439 g/mol. The third-order valence-corrected chi connectivity index (χ3v) is 4.89. The fourth-order valence-corrected chi connectivity index (χ4v) is 3.29. The van der Waals surface area contributed by atoms with Crippen LogP contribution in [-0.2, 0) is 0 Å². The maximum absolute atomic E-state index is 9.60. The average Bonchev–Trinajstić information content (AvgIpc) is 2.93. The molecule has 2 aromatic carbocycles. The van der Waals surface area contributed by atoms with E-state index >= 15 is 0 Å². The maximum atomic E-state index is 9.60. The summed E-state index contributed by atoms with van der Waals surface area (Å²) < 4.78 is 0. The zero-order valence-electron chi connectivity index (χ0n) is 17.5. The molecule has 5 rings (SSSR count). The van der Waals surface area contributed by atoms with Gasteiger partial charge in [-0.2, -0.15) is 10.5 Å². The first-order chi connectivity index (χ1) is 16.8. The van der Waals surface area contributed by atoms with Gasteiger partial charge in [-0.1, -0.05) is 66.7 Å². The number of rotatable bonds is 4. The fraction of sp³-hybridized carbons (Fsp3) is 0. The van der Waals surface area contributed by atoms with Crippen LogP contribution in [0.4, 0.5) is 0 Å². The number of nitrogens with zero attached hydrogens (tertiary/aromatic N) is 9. The highest BCUT2D eigenvalue weighted by Gasteiger charge is 2.16. The van der Waals surface area contributed by atoms with Gasteiger partial charge in [0, 0.05) is 11.1 Å². The average molecular weight is 439 g/mol. The van der Waals surface area contributed by atoms with Crippen molar-refractivity contribution in [2.24, 2.45) is 0 Å². The second-order valence-electron chi connectivity index (χ2n) is 7.03. The topological polar surface area (TPSA) is 138 Å². The molecule has 3 aromatic heterocycles. The molecule has 0 N–H and O–H groups in total. The van der Waals surface area contributed by atoms with Crippen molar-refractivity contribution in [1.29, 1.82) is 10.5 Å². The summed E-state index contributed by atoms with van der Waals surface area (Å²) in [5, 5.41) is 36.0. The molecular weight excluding hydrogens is 426 g/mol. The minimum atomic E-state index is 0.139. The molecule has 0 bridgehead atoms. The Morgan fingerprint density at radius 1 is 0.471 bits per heavy atom. The van der Waals surface area contributed by atoms with E-state index in [2.05, 4.69) is 47.5 Å². The van der Waals surface area contributed by atoms with Crippen LogP contribution in [-0.4, -0.2) is 35.3 Å². The Labute approximate surface area is 194 Å². The summed E-state index contributed by atoms with van der Waals surface area (Å²) in [5.74, 6) is 0.375. The molecule has 0 aliphatic carbocycles. The molecule has 0 fully saturated rings. The van der Waals surface area contributed by atoms with E-state index < -0.39 is 0 Å². The van der Waals surface area contributed by atoms with Gasteiger partial charge in [-0.25, -0.2) is 15.0 Å². The lowest BCUT2D eigenvalue weighted by Gasteiger charge is -2.06. The van der Waals surface area contributed by atoms with Crippen molar-refractivity contribution in [3.63, 3.8) is 0 Å². The van der Waals surface area contributed by atoms with Crippen LogP contribution in [0.1, 0.15) is 11.4 Å². The molecule has 0 spiro atoms. The molecule has 34 heavy (non-hydrogen) atoms. The molecule has 9 nitrogen and oxygen atoms in total.